The van der Waals surface area contributed by atoms with E-state index in [1.165, 1.54) is 0 Å². The predicted molar refractivity (Wildman–Crippen MR) is 83.9 cm³/mol. The highest BCUT2D eigenvalue weighted by atomic mass is 16.4. The fraction of sp³-hybridized carbons (Fsp3) is 0.412. The van der Waals surface area contributed by atoms with E-state index in [1.807, 2.05) is 45.0 Å². The first-order chi connectivity index (χ1) is 10.4. The highest BCUT2D eigenvalue weighted by Crippen LogP contribution is 2.26. The number of carbonyl (C=O) groups is 2. The van der Waals surface area contributed by atoms with Crippen LogP contribution in [0.5, 0.6) is 0 Å². The van der Waals surface area contributed by atoms with Gasteiger partial charge in [-0.3, -0.25) is 9.59 Å². The van der Waals surface area contributed by atoms with Gasteiger partial charge in [-0.1, -0.05) is 32.0 Å². The molecule has 0 aliphatic rings. The summed E-state index contributed by atoms with van der Waals surface area (Å²) >= 11 is 0. The van der Waals surface area contributed by atoms with Crippen molar-refractivity contribution in [3.05, 3.63) is 35.6 Å². The number of carboxylic acids is 1. The minimum absolute atomic E-state index is 0.0717. The number of carbonyl (C=O) groups excluding carboxylic acids is 1. The lowest BCUT2D eigenvalue weighted by molar-refractivity contribution is -0.137. The quantitative estimate of drug-likeness (QED) is 0.888. The summed E-state index contributed by atoms with van der Waals surface area (Å²) in [5, 5.41) is 9.77. The Balaban J connectivity index is 2.31. The Labute approximate surface area is 129 Å². The Hall–Kier alpha value is -2.30. The first-order valence-electron chi connectivity index (χ1n) is 7.39. The van der Waals surface area contributed by atoms with Crippen molar-refractivity contribution in [3.8, 4) is 0 Å². The van der Waals surface area contributed by atoms with Crippen LogP contribution in [0, 0.1) is 12.8 Å². The average molecular weight is 303 g/mol. The van der Waals surface area contributed by atoms with Gasteiger partial charge in [-0.05, 0) is 18.9 Å². The third-order valence-corrected chi connectivity index (χ3v) is 3.51. The molecule has 1 amide bonds. The molecule has 0 radical (unpaired) electrons. The minimum atomic E-state index is -0.914. The van der Waals surface area contributed by atoms with Gasteiger partial charge in [0.05, 0.1) is 6.42 Å². The number of rotatable bonds is 6. The van der Waals surface area contributed by atoms with Crippen LogP contribution in [0.3, 0.4) is 0 Å². The average Bonchev–Trinajstić information content (AvgIpc) is 2.80. The van der Waals surface area contributed by atoms with E-state index in [9.17, 15) is 9.59 Å². The van der Waals surface area contributed by atoms with E-state index in [0.717, 1.165) is 10.9 Å². The zero-order chi connectivity index (χ0) is 16.3. The maximum Gasteiger partial charge on any atom is 0.305 e. The largest absolute Gasteiger partial charge is 0.481 e. The molecule has 118 valence electrons. The van der Waals surface area contributed by atoms with Gasteiger partial charge in [0, 0.05) is 24.0 Å². The van der Waals surface area contributed by atoms with Gasteiger partial charge in [0.25, 0.3) is 5.91 Å². The van der Waals surface area contributed by atoms with E-state index in [0.29, 0.717) is 17.9 Å². The zero-order valence-electron chi connectivity index (χ0n) is 13.1. The number of hydrogen-bond donors (Lipinski definition) is 1. The molecule has 0 fully saturated rings. The lowest BCUT2D eigenvalue weighted by Gasteiger charge is -2.23. The van der Waals surface area contributed by atoms with Crippen LogP contribution >= 0.6 is 0 Å². The number of benzene rings is 1. The van der Waals surface area contributed by atoms with Crippen LogP contribution in [0.2, 0.25) is 0 Å². The third kappa shape index (κ3) is 3.47. The second-order valence-electron chi connectivity index (χ2n) is 5.84. The zero-order valence-corrected chi connectivity index (χ0v) is 13.1. The molecule has 0 saturated carbocycles. The van der Waals surface area contributed by atoms with Crippen LogP contribution in [-0.2, 0) is 4.79 Å². The van der Waals surface area contributed by atoms with Gasteiger partial charge in [0.15, 0.2) is 5.76 Å². The molecule has 2 rings (SSSR count). The smallest absolute Gasteiger partial charge is 0.305 e. The molecule has 2 aromatic rings. The monoisotopic (exact) mass is 303 g/mol. The molecule has 0 aliphatic heterocycles. The van der Waals surface area contributed by atoms with Gasteiger partial charge < -0.3 is 14.4 Å². The number of para-hydroxylation sites is 1. The highest BCUT2D eigenvalue weighted by Gasteiger charge is 2.24. The predicted octanol–water partition coefficient (Wildman–Crippen LogP) is 3.31. The Morgan fingerprint density at radius 2 is 1.95 bits per heavy atom. The van der Waals surface area contributed by atoms with Crippen LogP contribution < -0.4 is 0 Å². The second-order valence-corrected chi connectivity index (χ2v) is 5.84. The third-order valence-electron chi connectivity index (χ3n) is 3.51. The van der Waals surface area contributed by atoms with E-state index in [2.05, 4.69) is 0 Å². The fourth-order valence-corrected chi connectivity index (χ4v) is 2.47. The summed E-state index contributed by atoms with van der Waals surface area (Å²) in [4.78, 5) is 25.1. The Kier molecular flexibility index (Phi) is 4.85. The van der Waals surface area contributed by atoms with Gasteiger partial charge in [-0.15, -0.1) is 0 Å². The number of nitrogens with zero attached hydrogens (tertiary/aromatic N) is 1. The fourth-order valence-electron chi connectivity index (χ4n) is 2.47. The standard InChI is InChI=1S/C17H21NO4/c1-11(2)10-18(9-8-15(19)20)17(21)16-12(3)13-6-4-5-7-14(13)22-16/h4-7,11H,8-10H2,1-3H3,(H,19,20). The van der Waals surface area contributed by atoms with Crippen molar-refractivity contribution in [1.29, 1.82) is 0 Å². The van der Waals surface area contributed by atoms with Gasteiger partial charge in [-0.2, -0.15) is 0 Å². The summed E-state index contributed by atoms with van der Waals surface area (Å²) in [5.41, 5.74) is 1.47. The van der Waals surface area contributed by atoms with E-state index in [1.54, 1.807) is 4.90 Å². The molecular weight excluding hydrogens is 282 g/mol. The molecule has 5 nitrogen and oxygen atoms in total. The lowest BCUT2D eigenvalue weighted by atomic mass is 10.1. The van der Waals surface area contributed by atoms with E-state index < -0.39 is 5.97 Å². The van der Waals surface area contributed by atoms with Crippen LogP contribution in [-0.4, -0.2) is 35.0 Å². The van der Waals surface area contributed by atoms with Crippen LogP contribution in [0.25, 0.3) is 11.0 Å². The molecule has 0 bridgehead atoms. The summed E-state index contributed by atoms with van der Waals surface area (Å²) in [5.74, 6) is -0.610. The molecule has 22 heavy (non-hydrogen) atoms. The summed E-state index contributed by atoms with van der Waals surface area (Å²) in [6.07, 6.45) is -0.0717. The Morgan fingerprint density at radius 3 is 2.55 bits per heavy atom. The SMILES string of the molecule is Cc1c(C(=O)N(CCC(=O)O)CC(C)C)oc2ccccc12. The van der Waals surface area contributed by atoms with Crippen molar-refractivity contribution in [3.63, 3.8) is 0 Å². The number of furan rings is 1. The van der Waals surface area contributed by atoms with Gasteiger partial charge in [0.1, 0.15) is 5.58 Å². The highest BCUT2D eigenvalue weighted by molar-refractivity contribution is 5.99. The molecule has 0 spiro atoms. The van der Waals surface area contributed by atoms with Crippen molar-refractivity contribution < 1.29 is 19.1 Å². The molecule has 0 atom stereocenters. The van der Waals surface area contributed by atoms with E-state index in [-0.39, 0.29) is 24.8 Å². The maximum absolute atomic E-state index is 12.7. The van der Waals surface area contributed by atoms with Crippen molar-refractivity contribution in [2.45, 2.75) is 27.2 Å². The molecule has 1 N–H and O–H groups in total. The molecule has 1 heterocycles. The lowest BCUT2D eigenvalue weighted by Crippen LogP contribution is -2.36. The first kappa shape index (κ1) is 16.1. The second kappa shape index (κ2) is 6.64. The first-order valence-corrected chi connectivity index (χ1v) is 7.39. The normalized spacial score (nSPS) is 11.1. The van der Waals surface area contributed by atoms with E-state index >= 15 is 0 Å². The summed E-state index contributed by atoms with van der Waals surface area (Å²) in [7, 11) is 0. The molecule has 0 saturated heterocycles. The van der Waals surface area contributed by atoms with Crippen molar-refractivity contribution in [2.75, 3.05) is 13.1 Å². The van der Waals surface area contributed by atoms with Crippen LogP contribution in [0.15, 0.2) is 28.7 Å². The van der Waals surface area contributed by atoms with Crippen LogP contribution in [0.1, 0.15) is 36.4 Å². The number of aliphatic carboxylic acids is 1. The summed E-state index contributed by atoms with van der Waals surface area (Å²) in [6.45, 7) is 6.52. The topological polar surface area (TPSA) is 70.8 Å². The molecule has 0 unspecified atom stereocenters. The minimum Gasteiger partial charge on any atom is -0.481 e. The van der Waals surface area contributed by atoms with E-state index in [4.69, 9.17) is 9.52 Å². The summed E-state index contributed by atoms with van der Waals surface area (Å²) < 4.78 is 5.69. The van der Waals surface area contributed by atoms with Crippen molar-refractivity contribution >= 4 is 22.8 Å². The van der Waals surface area contributed by atoms with Crippen molar-refractivity contribution in [2.24, 2.45) is 5.92 Å². The number of carboxylic acid groups (broad SMARTS) is 1. The van der Waals surface area contributed by atoms with Gasteiger partial charge in [-0.25, -0.2) is 0 Å². The summed E-state index contributed by atoms with van der Waals surface area (Å²) in [6, 6.07) is 7.49. The Bertz CT molecular complexity index is 687. The number of fused-ring (bicyclic) bond motifs is 1. The molecular formula is C17H21NO4. The number of amides is 1. The Morgan fingerprint density at radius 1 is 1.27 bits per heavy atom. The maximum atomic E-state index is 12.7. The molecule has 1 aromatic carbocycles. The number of hydrogen-bond acceptors (Lipinski definition) is 3. The van der Waals surface area contributed by atoms with Gasteiger partial charge >= 0.3 is 5.97 Å². The van der Waals surface area contributed by atoms with Crippen LogP contribution in [0.4, 0.5) is 0 Å². The number of aryl methyl sites for hydroxylation is 1. The molecule has 5 heteroatoms. The molecule has 1 aromatic heterocycles. The molecule has 0 aliphatic carbocycles. The van der Waals surface area contributed by atoms with Gasteiger partial charge in [0.2, 0.25) is 0 Å². The van der Waals surface area contributed by atoms with Crippen molar-refractivity contribution in [1.82, 2.24) is 4.90 Å².